The molecule has 26 heavy (non-hydrogen) atoms. The molecule has 2 aromatic carbocycles. The van der Waals surface area contributed by atoms with E-state index in [1.807, 2.05) is 18.2 Å². The van der Waals surface area contributed by atoms with Crippen molar-refractivity contribution >= 4 is 11.9 Å². The average molecular weight is 352 g/mol. The molecule has 5 heteroatoms. The van der Waals surface area contributed by atoms with E-state index in [0.717, 1.165) is 31.5 Å². The predicted molar refractivity (Wildman–Crippen MR) is 100.0 cm³/mol. The number of aromatic carboxylic acids is 1. The van der Waals surface area contributed by atoms with E-state index in [1.54, 1.807) is 24.3 Å². The van der Waals surface area contributed by atoms with Gasteiger partial charge in [-0.05, 0) is 49.1 Å². The van der Waals surface area contributed by atoms with E-state index in [2.05, 4.69) is 22.3 Å². The molecule has 1 aliphatic heterocycles. The van der Waals surface area contributed by atoms with Gasteiger partial charge in [0.05, 0.1) is 11.6 Å². The molecule has 1 atom stereocenters. The van der Waals surface area contributed by atoms with Gasteiger partial charge in [0.1, 0.15) is 0 Å². The zero-order chi connectivity index (χ0) is 18.4. The summed E-state index contributed by atoms with van der Waals surface area (Å²) in [7, 11) is 0. The Hall–Kier alpha value is -2.66. The van der Waals surface area contributed by atoms with E-state index in [9.17, 15) is 9.59 Å². The summed E-state index contributed by atoms with van der Waals surface area (Å²) in [6, 6.07) is 17.0. The fourth-order valence-corrected chi connectivity index (χ4v) is 3.39. The summed E-state index contributed by atoms with van der Waals surface area (Å²) < 4.78 is 0. The predicted octanol–water partition coefficient (Wildman–Crippen LogP) is 2.71. The third-order valence-electron chi connectivity index (χ3n) is 4.81. The lowest BCUT2D eigenvalue weighted by atomic mass is 10.1. The van der Waals surface area contributed by atoms with Crippen LogP contribution in [0.25, 0.3) is 0 Å². The molecule has 0 bridgehead atoms. The number of rotatable bonds is 7. The van der Waals surface area contributed by atoms with Crippen LogP contribution in [-0.2, 0) is 17.8 Å². The number of nitrogens with one attached hydrogen (secondary N) is 1. The third-order valence-corrected chi connectivity index (χ3v) is 4.81. The number of nitrogens with zero attached hydrogens (tertiary/aromatic N) is 1. The Morgan fingerprint density at radius 3 is 2.46 bits per heavy atom. The molecule has 0 saturated carbocycles. The van der Waals surface area contributed by atoms with Gasteiger partial charge in [0.2, 0.25) is 5.91 Å². The lowest BCUT2D eigenvalue weighted by molar-refractivity contribution is -0.125. The first-order valence-electron chi connectivity index (χ1n) is 9.01. The number of carboxylic acid groups (broad SMARTS) is 1. The van der Waals surface area contributed by atoms with Gasteiger partial charge >= 0.3 is 5.97 Å². The van der Waals surface area contributed by atoms with E-state index < -0.39 is 5.97 Å². The minimum absolute atomic E-state index is 0.0652. The number of hydrogen-bond donors (Lipinski definition) is 2. The number of benzene rings is 2. The molecule has 0 radical (unpaired) electrons. The minimum Gasteiger partial charge on any atom is -0.478 e. The van der Waals surface area contributed by atoms with Crippen molar-refractivity contribution in [2.24, 2.45) is 0 Å². The smallest absolute Gasteiger partial charge is 0.335 e. The van der Waals surface area contributed by atoms with E-state index in [4.69, 9.17) is 5.11 Å². The van der Waals surface area contributed by atoms with E-state index in [0.29, 0.717) is 13.0 Å². The van der Waals surface area contributed by atoms with Crippen molar-refractivity contribution in [1.29, 1.82) is 0 Å². The minimum atomic E-state index is -0.926. The van der Waals surface area contributed by atoms with Crippen molar-refractivity contribution in [2.45, 2.75) is 31.8 Å². The van der Waals surface area contributed by atoms with Gasteiger partial charge in [0.15, 0.2) is 0 Å². The van der Waals surface area contributed by atoms with Crippen molar-refractivity contribution in [3.8, 4) is 0 Å². The molecule has 1 aliphatic rings. The van der Waals surface area contributed by atoms with Crippen LogP contribution in [0.1, 0.15) is 34.3 Å². The second kappa shape index (κ2) is 8.63. The lowest BCUT2D eigenvalue weighted by Crippen LogP contribution is -2.43. The molecule has 5 nitrogen and oxygen atoms in total. The second-order valence-corrected chi connectivity index (χ2v) is 6.66. The van der Waals surface area contributed by atoms with Crippen LogP contribution in [0.2, 0.25) is 0 Å². The molecule has 2 aromatic rings. The molecular formula is C21H24N2O3. The fraction of sp³-hybridized carbons (Fsp3) is 0.333. The Balaban J connectivity index is 1.48. The molecule has 1 unspecified atom stereocenters. The molecule has 0 aromatic heterocycles. The van der Waals surface area contributed by atoms with E-state index in [1.165, 1.54) is 5.56 Å². The van der Waals surface area contributed by atoms with Gasteiger partial charge in [-0.15, -0.1) is 0 Å². The zero-order valence-corrected chi connectivity index (χ0v) is 14.7. The first-order chi connectivity index (χ1) is 12.6. The number of carbonyl (C=O) groups is 2. The summed E-state index contributed by atoms with van der Waals surface area (Å²) >= 11 is 0. The Morgan fingerprint density at radius 1 is 1.04 bits per heavy atom. The maximum atomic E-state index is 12.5. The number of amides is 1. The Bertz CT molecular complexity index is 744. The highest BCUT2D eigenvalue weighted by atomic mass is 16.4. The highest BCUT2D eigenvalue weighted by molar-refractivity contribution is 5.87. The van der Waals surface area contributed by atoms with Crippen LogP contribution in [-0.4, -0.2) is 41.0 Å². The van der Waals surface area contributed by atoms with Crippen LogP contribution in [0.4, 0.5) is 0 Å². The number of carboxylic acids is 1. The van der Waals surface area contributed by atoms with Crippen LogP contribution in [0.5, 0.6) is 0 Å². The molecule has 1 saturated heterocycles. The van der Waals surface area contributed by atoms with E-state index >= 15 is 0 Å². The van der Waals surface area contributed by atoms with Crippen LogP contribution < -0.4 is 5.32 Å². The number of hydrogen-bond acceptors (Lipinski definition) is 3. The second-order valence-electron chi connectivity index (χ2n) is 6.66. The molecule has 0 aliphatic carbocycles. The highest BCUT2D eigenvalue weighted by Crippen LogP contribution is 2.20. The molecule has 1 amide bonds. The molecule has 0 spiro atoms. The lowest BCUT2D eigenvalue weighted by Gasteiger charge is -2.23. The van der Waals surface area contributed by atoms with Crippen molar-refractivity contribution in [1.82, 2.24) is 10.2 Å². The van der Waals surface area contributed by atoms with Gasteiger partial charge in [-0.2, -0.15) is 0 Å². The van der Waals surface area contributed by atoms with Crippen molar-refractivity contribution < 1.29 is 14.7 Å². The Labute approximate surface area is 153 Å². The summed E-state index contributed by atoms with van der Waals surface area (Å²) in [5, 5.41) is 11.9. The van der Waals surface area contributed by atoms with Gasteiger partial charge in [0.25, 0.3) is 0 Å². The summed E-state index contributed by atoms with van der Waals surface area (Å²) in [5.74, 6) is -0.842. The first kappa shape index (κ1) is 18.1. The van der Waals surface area contributed by atoms with Gasteiger partial charge in [-0.1, -0.05) is 42.5 Å². The third kappa shape index (κ3) is 4.70. The van der Waals surface area contributed by atoms with Gasteiger partial charge in [-0.25, -0.2) is 4.79 Å². The van der Waals surface area contributed by atoms with Gasteiger partial charge in [-0.3, -0.25) is 9.69 Å². The number of likely N-dealkylation sites (tertiary alicyclic amines) is 1. The van der Waals surface area contributed by atoms with Crippen LogP contribution in [0.15, 0.2) is 54.6 Å². The van der Waals surface area contributed by atoms with Crippen LogP contribution in [0.3, 0.4) is 0 Å². The SMILES string of the molecule is O=C(O)c1ccc(CCNC(=O)C2CCCN2Cc2ccccc2)cc1. The monoisotopic (exact) mass is 352 g/mol. The fourth-order valence-electron chi connectivity index (χ4n) is 3.39. The largest absolute Gasteiger partial charge is 0.478 e. The Kier molecular flexibility index (Phi) is 6.02. The normalized spacial score (nSPS) is 17.2. The Morgan fingerprint density at radius 2 is 1.77 bits per heavy atom. The molecule has 1 fully saturated rings. The molecule has 2 N–H and O–H groups in total. The molecule has 136 valence electrons. The highest BCUT2D eigenvalue weighted by Gasteiger charge is 2.30. The first-order valence-corrected chi connectivity index (χ1v) is 9.01. The molecule has 3 rings (SSSR count). The maximum Gasteiger partial charge on any atom is 0.335 e. The quantitative estimate of drug-likeness (QED) is 0.804. The van der Waals surface area contributed by atoms with E-state index in [-0.39, 0.29) is 17.5 Å². The number of carbonyl (C=O) groups excluding carboxylic acids is 1. The standard InChI is InChI=1S/C21H24N2O3/c24-20(22-13-12-16-8-10-18(11-9-16)21(25)26)19-7-4-14-23(19)15-17-5-2-1-3-6-17/h1-3,5-6,8-11,19H,4,7,12-15H2,(H,22,24)(H,25,26). The molecular weight excluding hydrogens is 328 g/mol. The van der Waals surface area contributed by atoms with Crippen molar-refractivity contribution in [3.05, 3.63) is 71.3 Å². The summed E-state index contributed by atoms with van der Waals surface area (Å²) in [6.07, 6.45) is 2.63. The summed E-state index contributed by atoms with van der Waals surface area (Å²) in [5.41, 5.74) is 2.52. The molecule has 1 heterocycles. The van der Waals surface area contributed by atoms with Gasteiger partial charge in [0, 0.05) is 13.1 Å². The average Bonchev–Trinajstić information content (AvgIpc) is 3.11. The zero-order valence-electron chi connectivity index (χ0n) is 14.7. The van der Waals surface area contributed by atoms with Crippen molar-refractivity contribution in [3.63, 3.8) is 0 Å². The van der Waals surface area contributed by atoms with Gasteiger partial charge < -0.3 is 10.4 Å². The topological polar surface area (TPSA) is 69.6 Å². The summed E-state index contributed by atoms with van der Waals surface area (Å²) in [6.45, 7) is 2.31. The summed E-state index contributed by atoms with van der Waals surface area (Å²) in [4.78, 5) is 25.7. The maximum absolute atomic E-state index is 12.5. The van der Waals surface area contributed by atoms with Crippen LogP contribution >= 0.6 is 0 Å². The van der Waals surface area contributed by atoms with Crippen molar-refractivity contribution in [2.75, 3.05) is 13.1 Å². The van der Waals surface area contributed by atoms with Crippen LogP contribution in [0, 0.1) is 0 Å².